The van der Waals surface area contributed by atoms with Gasteiger partial charge in [-0.15, -0.1) is 22.9 Å². The maximum Gasteiger partial charge on any atom is 0.282 e. The molecule has 1 aliphatic rings. The van der Waals surface area contributed by atoms with E-state index in [-0.39, 0.29) is 18.2 Å². The Kier molecular flexibility index (Phi) is 10.4. The minimum Gasteiger partial charge on any atom is -0.395 e. The first-order chi connectivity index (χ1) is 20.9. The fourth-order valence-corrected chi connectivity index (χ4v) is 6.10. The Morgan fingerprint density at radius 2 is 1.81 bits per heavy atom. The van der Waals surface area contributed by atoms with Crippen LogP contribution in [0.5, 0.6) is 0 Å². The summed E-state index contributed by atoms with van der Waals surface area (Å²) in [5.74, 6) is 0.00321. The van der Waals surface area contributed by atoms with Crippen molar-refractivity contribution in [3.63, 3.8) is 0 Å². The molecule has 1 aromatic carbocycles. The van der Waals surface area contributed by atoms with Crippen molar-refractivity contribution in [1.82, 2.24) is 30.9 Å². The largest absolute Gasteiger partial charge is 0.395 e. The number of carbonyl (C=O) groups excluding carboxylic acids is 1. The van der Waals surface area contributed by atoms with Gasteiger partial charge >= 0.3 is 0 Å². The summed E-state index contributed by atoms with van der Waals surface area (Å²) in [6.45, 7) is 2.02. The zero-order chi connectivity index (χ0) is 30.2. The summed E-state index contributed by atoms with van der Waals surface area (Å²) in [4.78, 5) is 28.1. The van der Waals surface area contributed by atoms with Crippen LogP contribution in [-0.2, 0) is 13.1 Å². The van der Waals surface area contributed by atoms with Crippen LogP contribution in [0.3, 0.4) is 0 Å². The molecule has 4 aromatic rings. The number of aromatic nitrogens is 3. The highest BCUT2D eigenvalue weighted by molar-refractivity contribution is 7.13. The number of halogens is 2. The molecule has 2 unspecified atom stereocenters. The fraction of sp³-hybridized carbons (Fsp3) is 0.267. The quantitative estimate of drug-likeness (QED) is 0.0733. The number of aliphatic hydroxyl groups is 2. The third-order valence-corrected chi connectivity index (χ3v) is 8.65. The molecule has 3 aromatic heterocycles. The number of aliphatic hydroxyl groups excluding tert-OH is 2. The zero-order valence-corrected chi connectivity index (χ0v) is 25.4. The normalized spacial score (nSPS) is 18.0. The molecule has 10 nitrogen and oxygen atoms in total. The number of hydrogen-bond acceptors (Lipinski definition) is 10. The predicted molar refractivity (Wildman–Crippen MR) is 171 cm³/mol. The molecule has 224 valence electrons. The second kappa shape index (κ2) is 14.4. The fourth-order valence-electron chi connectivity index (χ4n) is 4.71. The van der Waals surface area contributed by atoms with Gasteiger partial charge in [-0.1, -0.05) is 42.0 Å². The third-order valence-electron chi connectivity index (χ3n) is 6.75. The average Bonchev–Trinajstić information content (AvgIpc) is 3.49. The molecule has 43 heavy (non-hydrogen) atoms. The molecule has 5 rings (SSSR count). The summed E-state index contributed by atoms with van der Waals surface area (Å²) in [7, 11) is 0. The van der Waals surface area contributed by atoms with Crippen LogP contribution in [0.4, 0.5) is 5.82 Å². The van der Waals surface area contributed by atoms with E-state index in [4.69, 9.17) is 33.4 Å². The van der Waals surface area contributed by atoms with Crippen molar-refractivity contribution < 1.29 is 15.0 Å². The predicted octanol–water partition coefficient (Wildman–Crippen LogP) is 3.70. The van der Waals surface area contributed by atoms with Crippen molar-refractivity contribution in [2.75, 3.05) is 31.6 Å². The Bertz CT molecular complexity index is 1650. The lowest BCUT2D eigenvalue weighted by atomic mass is 9.88. The van der Waals surface area contributed by atoms with Gasteiger partial charge in [0.2, 0.25) is 0 Å². The van der Waals surface area contributed by atoms with Crippen molar-refractivity contribution in [3.8, 4) is 0 Å². The first-order valence-corrected chi connectivity index (χ1v) is 15.3. The van der Waals surface area contributed by atoms with Crippen LogP contribution < -0.4 is 21.3 Å². The van der Waals surface area contributed by atoms with Gasteiger partial charge in [-0.05, 0) is 41.0 Å². The number of amides is 1. The van der Waals surface area contributed by atoms with E-state index >= 15 is 0 Å². The average molecular weight is 641 g/mol. The molecule has 0 saturated carbocycles. The Labute approximate surface area is 262 Å². The number of rotatable bonds is 13. The molecule has 2 atom stereocenters. The summed E-state index contributed by atoms with van der Waals surface area (Å²) in [6.07, 6.45) is 10.5. The summed E-state index contributed by atoms with van der Waals surface area (Å²) in [5, 5.41) is 31.7. The smallest absolute Gasteiger partial charge is 0.282 e. The van der Waals surface area contributed by atoms with E-state index < -0.39 is 16.9 Å². The Morgan fingerprint density at radius 3 is 2.60 bits per heavy atom. The van der Waals surface area contributed by atoms with Crippen molar-refractivity contribution in [2.45, 2.75) is 24.1 Å². The van der Waals surface area contributed by atoms with Gasteiger partial charge in [0.25, 0.3) is 5.91 Å². The van der Waals surface area contributed by atoms with Crippen LogP contribution in [0.2, 0.25) is 5.02 Å². The molecule has 0 saturated heterocycles. The molecule has 3 heterocycles. The van der Waals surface area contributed by atoms with E-state index in [9.17, 15) is 4.79 Å². The van der Waals surface area contributed by atoms with Gasteiger partial charge in [0.15, 0.2) is 16.5 Å². The number of alkyl halides is 1. The minimum absolute atomic E-state index is 0.0179. The van der Waals surface area contributed by atoms with Crippen LogP contribution in [0.15, 0.2) is 73.2 Å². The Morgan fingerprint density at radius 1 is 1.02 bits per heavy atom. The van der Waals surface area contributed by atoms with Crippen LogP contribution in [0, 0.1) is 0 Å². The Balaban J connectivity index is 1.49. The highest BCUT2D eigenvalue weighted by atomic mass is 35.5. The van der Waals surface area contributed by atoms with E-state index in [1.165, 1.54) is 11.3 Å². The van der Waals surface area contributed by atoms with E-state index in [1.54, 1.807) is 30.7 Å². The number of pyridine rings is 2. The topological polar surface area (TPSA) is 144 Å². The van der Waals surface area contributed by atoms with Crippen LogP contribution >= 0.6 is 34.5 Å². The number of thiazole rings is 1. The van der Waals surface area contributed by atoms with Crippen molar-refractivity contribution in [3.05, 3.63) is 99.3 Å². The van der Waals surface area contributed by atoms with E-state index in [1.807, 2.05) is 42.5 Å². The SMILES string of the molecule is O=C(NC1(Nc2nccc3cc(CNCCO)cnc23)C=CC=C(c2ccccc2Cl)C1Cl)c1ncc(CNCCO)s1. The molecule has 0 radical (unpaired) electrons. The number of anilines is 1. The third kappa shape index (κ3) is 7.22. The summed E-state index contributed by atoms with van der Waals surface area (Å²) in [6, 6.07) is 11.3. The highest BCUT2D eigenvalue weighted by Crippen LogP contribution is 2.39. The summed E-state index contributed by atoms with van der Waals surface area (Å²) < 4.78 is 0. The van der Waals surface area contributed by atoms with Crippen molar-refractivity contribution in [2.24, 2.45) is 0 Å². The molecule has 1 amide bonds. The highest BCUT2D eigenvalue weighted by Gasteiger charge is 2.43. The second-order valence-electron chi connectivity index (χ2n) is 9.78. The van der Waals surface area contributed by atoms with Crippen LogP contribution in [0.1, 0.15) is 25.8 Å². The van der Waals surface area contributed by atoms with Gasteiger partial charge in [-0.3, -0.25) is 9.78 Å². The molecule has 0 spiro atoms. The summed E-state index contributed by atoms with van der Waals surface area (Å²) in [5.41, 5.74) is 1.66. The second-order valence-corrected chi connectivity index (χ2v) is 11.7. The molecule has 0 bridgehead atoms. The van der Waals surface area contributed by atoms with Gasteiger partial charge in [-0.2, -0.15) is 0 Å². The molecular formula is C30H31Cl2N7O3S. The monoisotopic (exact) mass is 639 g/mol. The number of benzene rings is 1. The van der Waals surface area contributed by atoms with E-state index in [2.05, 4.69) is 36.2 Å². The molecule has 0 aliphatic heterocycles. The van der Waals surface area contributed by atoms with Gasteiger partial charge < -0.3 is 31.5 Å². The minimum atomic E-state index is -1.34. The number of nitrogens with one attached hydrogen (secondary N) is 4. The summed E-state index contributed by atoms with van der Waals surface area (Å²) >= 11 is 15.1. The maximum atomic E-state index is 13.7. The number of fused-ring (bicyclic) bond motifs is 1. The van der Waals surface area contributed by atoms with Gasteiger partial charge in [0, 0.05) is 60.1 Å². The van der Waals surface area contributed by atoms with Crippen LogP contribution in [0.25, 0.3) is 16.5 Å². The molecular weight excluding hydrogens is 609 g/mol. The maximum absolute atomic E-state index is 13.7. The first kappa shape index (κ1) is 31.0. The van der Waals surface area contributed by atoms with Gasteiger partial charge in [0.1, 0.15) is 10.9 Å². The standard InChI is InChI=1S/C30H31Cl2N7O3S/c31-24-6-2-1-4-22(24)23-5-3-8-30(26(23)32,39-28(42)29-37-18-21(43-29)17-34-11-13-41)38-27-25-20(7-9-35-27)14-19(16-36-25)15-33-10-12-40/h1-9,14,16,18,26,33-34,40-41H,10-13,15,17H2,(H,35,38)(H,39,42). The number of nitrogens with zero attached hydrogens (tertiary/aromatic N) is 3. The van der Waals surface area contributed by atoms with Gasteiger partial charge in [-0.25, -0.2) is 9.97 Å². The van der Waals surface area contributed by atoms with Gasteiger partial charge in [0.05, 0.1) is 13.2 Å². The number of allylic oxidation sites excluding steroid dienone is 2. The zero-order valence-electron chi connectivity index (χ0n) is 23.1. The molecule has 1 aliphatic carbocycles. The molecule has 13 heteroatoms. The van der Waals surface area contributed by atoms with E-state index in [0.29, 0.717) is 48.1 Å². The lowest BCUT2D eigenvalue weighted by Crippen LogP contribution is -2.60. The number of hydrogen-bond donors (Lipinski definition) is 6. The lowest BCUT2D eigenvalue weighted by molar-refractivity contribution is 0.0926. The molecule has 6 N–H and O–H groups in total. The lowest BCUT2D eigenvalue weighted by Gasteiger charge is -2.40. The Hall–Kier alpha value is -3.42. The first-order valence-electron chi connectivity index (χ1n) is 13.6. The van der Waals surface area contributed by atoms with E-state index in [0.717, 1.165) is 21.4 Å². The molecule has 0 fully saturated rings. The van der Waals surface area contributed by atoms with Crippen molar-refractivity contribution in [1.29, 1.82) is 0 Å². The van der Waals surface area contributed by atoms with Crippen LogP contribution in [-0.4, -0.2) is 68.4 Å². The van der Waals surface area contributed by atoms with Crippen molar-refractivity contribution >= 4 is 62.7 Å². The number of carbonyl (C=O) groups is 1.